The number of nitrogens with one attached hydrogen (secondary N) is 2. The number of para-hydroxylation sites is 1. The summed E-state index contributed by atoms with van der Waals surface area (Å²) in [5, 5.41) is 4.71. The van der Waals surface area contributed by atoms with Crippen LogP contribution in [0.4, 0.5) is 23.2 Å². The van der Waals surface area contributed by atoms with Crippen LogP contribution >= 0.6 is 0 Å². The summed E-state index contributed by atoms with van der Waals surface area (Å²) in [4.78, 5) is 7.31. The van der Waals surface area contributed by atoms with Crippen LogP contribution in [0, 0.1) is 17.0 Å². The lowest BCUT2D eigenvalue weighted by Crippen LogP contribution is -2.48. The molecule has 2 fully saturated rings. The standard InChI is InChI=1S/C15H20F2N2.C14H16F2N2/c16-12-8-13(17)10-14(9-12)19-6-3-15(4-7-19)2-1-5-18-11-15;1-9-6-11-10-4-2-3-5-12(10)17-13(11)7-18(9)8-14(15)16/h8-10,18H,1-7,11H2;2-5,9,14,17H,6-8H2,1H3. The summed E-state index contributed by atoms with van der Waals surface area (Å²) in [6.07, 6.45) is 3.32. The molecule has 200 valence electrons. The summed E-state index contributed by atoms with van der Waals surface area (Å²) in [7, 11) is 0. The van der Waals surface area contributed by atoms with Crippen molar-refractivity contribution in [1.82, 2.24) is 15.2 Å². The molecule has 3 aromatic rings. The van der Waals surface area contributed by atoms with E-state index in [0.29, 0.717) is 17.6 Å². The number of rotatable bonds is 3. The van der Waals surface area contributed by atoms with Gasteiger partial charge < -0.3 is 15.2 Å². The van der Waals surface area contributed by atoms with Crippen molar-refractivity contribution in [1.29, 1.82) is 0 Å². The number of hydrogen-bond donors (Lipinski definition) is 2. The fourth-order valence-electron chi connectivity index (χ4n) is 6.25. The van der Waals surface area contributed by atoms with Crippen molar-refractivity contribution in [3.8, 4) is 0 Å². The summed E-state index contributed by atoms with van der Waals surface area (Å²) in [5.41, 5.74) is 4.59. The Kier molecular flexibility index (Phi) is 7.77. The Morgan fingerprint density at radius 1 is 1.03 bits per heavy atom. The van der Waals surface area contributed by atoms with Gasteiger partial charge >= 0.3 is 0 Å². The van der Waals surface area contributed by atoms with Crippen LogP contribution in [0.5, 0.6) is 0 Å². The van der Waals surface area contributed by atoms with E-state index in [1.54, 1.807) is 0 Å². The lowest BCUT2D eigenvalue weighted by molar-refractivity contribution is 0.0597. The number of alkyl halides is 2. The molecule has 0 amide bonds. The van der Waals surface area contributed by atoms with Gasteiger partial charge in [-0.15, -0.1) is 0 Å². The summed E-state index contributed by atoms with van der Waals surface area (Å²) in [5.74, 6) is -0.982. The largest absolute Gasteiger partial charge is 0.371 e. The molecule has 1 atom stereocenters. The molecule has 1 spiro atoms. The average molecular weight is 517 g/mol. The molecule has 0 radical (unpaired) electrons. The number of halogens is 4. The van der Waals surface area contributed by atoms with E-state index in [9.17, 15) is 17.6 Å². The molecule has 0 bridgehead atoms. The smallest absolute Gasteiger partial charge is 0.251 e. The first-order valence-electron chi connectivity index (χ1n) is 13.3. The molecule has 6 rings (SSSR count). The maximum atomic E-state index is 13.3. The van der Waals surface area contributed by atoms with Gasteiger partial charge in [0.2, 0.25) is 0 Å². The highest BCUT2D eigenvalue weighted by Crippen LogP contribution is 2.38. The lowest BCUT2D eigenvalue weighted by Gasteiger charge is -2.45. The molecule has 8 heteroatoms. The fourth-order valence-corrected chi connectivity index (χ4v) is 6.25. The van der Waals surface area contributed by atoms with Crippen LogP contribution in [-0.4, -0.2) is 55.1 Å². The Morgan fingerprint density at radius 2 is 1.76 bits per heavy atom. The molecule has 37 heavy (non-hydrogen) atoms. The summed E-state index contributed by atoms with van der Waals surface area (Å²) in [6, 6.07) is 12.1. The van der Waals surface area contributed by atoms with Crippen LogP contribution in [0.25, 0.3) is 10.9 Å². The van der Waals surface area contributed by atoms with Gasteiger partial charge in [-0.25, -0.2) is 17.6 Å². The van der Waals surface area contributed by atoms with Gasteiger partial charge in [-0.2, -0.15) is 0 Å². The molecule has 2 aromatic carbocycles. The van der Waals surface area contributed by atoms with Crippen LogP contribution in [0.15, 0.2) is 42.5 Å². The van der Waals surface area contributed by atoms with Crippen molar-refractivity contribution in [2.75, 3.05) is 37.6 Å². The Labute approximate surface area is 216 Å². The highest BCUT2D eigenvalue weighted by molar-refractivity contribution is 5.84. The minimum Gasteiger partial charge on any atom is -0.371 e. The van der Waals surface area contributed by atoms with Gasteiger partial charge in [0.1, 0.15) is 11.6 Å². The van der Waals surface area contributed by atoms with Gasteiger partial charge in [0.05, 0.1) is 6.54 Å². The Morgan fingerprint density at radius 3 is 2.43 bits per heavy atom. The van der Waals surface area contributed by atoms with Gasteiger partial charge in [-0.1, -0.05) is 18.2 Å². The van der Waals surface area contributed by atoms with Gasteiger partial charge in [0.25, 0.3) is 6.43 Å². The number of fused-ring (bicyclic) bond motifs is 3. The normalized spacial score (nSPS) is 21.7. The molecule has 0 aliphatic carbocycles. The molecular formula is C29H36F4N4. The van der Waals surface area contributed by atoms with E-state index >= 15 is 0 Å². The maximum absolute atomic E-state index is 13.3. The SMILES string of the molecule is CC1Cc2c([nH]c3ccccc23)CN1CC(F)F.Fc1cc(F)cc(N2CCC3(CCCNC3)CC2)c1. The second-order valence-electron chi connectivity index (χ2n) is 10.9. The number of aromatic nitrogens is 1. The van der Waals surface area contributed by atoms with E-state index in [1.165, 1.54) is 35.9 Å². The number of aromatic amines is 1. The predicted molar refractivity (Wildman–Crippen MR) is 140 cm³/mol. The third-order valence-corrected chi connectivity index (χ3v) is 8.36. The molecule has 1 aromatic heterocycles. The lowest BCUT2D eigenvalue weighted by atomic mass is 9.73. The van der Waals surface area contributed by atoms with Crippen molar-refractivity contribution in [2.45, 2.75) is 58.0 Å². The van der Waals surface area contributed by atoms with Crippen LogP contribution in [0.3, 0.4) is 0 Å². The first-order chi connectivity index (χ1) is 17.8. The quantitative estimate of drug-likeness (QED) is 0.412. The maximum Gasteiger partial charge on any atom is 0.251 e. The van der Waals surface area contributed by atoms with E-state index in [4.69, 9.17) is 0 Å². The third-order valence-electron chi connectivity index (χ3n) is 8.36. The van der Waals surface area contributed by atoms with E-state index in [0.717, 1.165) is 62.7 Å². The van der Waals surface area contributed by atoms with Crippen LogP contribution in [0.2, 0.25) is 0 Å². The highest BCUT2D eigenvalue weighted by atomic mass is 19.3. The number of H-pyrrole nitrogens is 1. The van der Waals surface area contributed by atoms with Crippen LogP contribution in [0.1, 0.15) is 43.9 Å². The van der Waals surface area contributed by atoms with Crippen molar-refractivity contribution in [3.05, 3.63) is 65.4 Å². The van der Waals surface area contributed by atoms with Crippen molar-refractivity contribution >= 4 is 16.6 Å². The summed E-state index contributed by atoms with van der Waals surface area (Å²) >= 11 is 0. The van der Waals surface area contributed by atoms with Crippen LogP contribution in [-0.2, 0) is 13.0 Å². The van der Waals surface area contributed by atoms with E-state index < -0.39 is 18.1 Å². The second kappa shape index (κ2) is 11.0. The molecule has 2 saturated heterocycles. The average Bonchev–Trinajstić information content (AvgIpc) is 3.22. The van der Waals surface area contributed by atoms with E-state index in [-0.39, 0.29) is 12.6 Å². The molecule has 1 unspecified atom stereocenters. The van der Waals surface area contributed by atoms with Gasteiger partial charge in [0.15, 0.2) is 0 Å². The monoisotopic (exact) mass is 516 g/mol. The van der Waals surface area contributed by atoms with Gasteiger partial charge in [-0.3, -0.25) is 4.90 Å². The predicted octanol–water partition coefficient (Wildman–Crippen LogP) is 6.11. The molecule has 3 aliphatic heterocycles. The number of nitrogens with zero attached hydrogens (tertiary/aromatic N) is 2. The summed E-state index contributed by atoms with van der Waals surface area (Å²) < 4.78 is 51.6. The van der Waals surface area contributed by atoms with E-state index in [2.05, 4.69) is 21.3 Å². The molecule has 3 aliphatic rings. The Hall–Kier alpha value is -2.58. The zero-order chi connectivity index (χ0) is 26.0. The minimum atomic E-state index is -2.27. The Balaban J connectivity index is 0.000000152. The van der Waals surface area contributed by atoms with Gasteiger partial charge in [-0.05, 0) is 74.8 Å². The summed E-state index contributed by atoms with van der Waals surface area (Å²) in [6.45, 7) is 6.48. The number of hydrogen-bond acceptors (Lipinski definition) is 3. The number of piperidine rings is 2. The zero-order valence-electron chi connectivity index (χ0n) is 21.4. The highest BCUT2D eigenvalue weighted by Gasteiger charge is 2.35. The zero-order valence-corrected chi connectivity index (χ0v) is 21.4. The van der Waals surface area contributed by atoms with E-state index in [1.807, 2.05) is 30.0 Å². The number of anilines is 1. The minimum absolute atomic E-state index is 0.143. The first kappa shape index (κ1) is 26.0. The second-order valence-corrected chi connectivity index (χ2v) is 10.9. The Bertz CT molecular complexity index is 1170. The molecule has 0 saturated carbocycles. The molecular weight excluding hydrogens is 480 g/mol. The topological polar surface area (TPSA) is 34.3 Å². The molecule has 4 heterocycles. The van der Waals surface area contributed by atoms with Crippen LogP contribution < -0.4 is 10.2 Å². The van der Waals surface area contributed by atoms with Crippen molar-refractivity contribution < 1.29 is 17.6 Å². The number of benzene rings is 2. The molecule has 4 nitrogen and oxygen atoms in total. The van der Waals surface area contributed by atoms with Crippen molar-refractivity contribution in [3.63, 3.8) is 0 Å². The molecule has 2 N–H and O–H groups in total. The first-order valence-corrected chi connectivity index (χ1v) is 13.3. The fraction of sp³-hybridized carbons (Fsp3) is 0.517. The van der Waals surface area contributed by atoms with Crippen molar-refractivity contribution in [2.24, 2.45) is 5.41 Å². The third kappa shape index (κ3) is 5.96. The van der Waals surface area contributed by atoms with Gasteiger partial charge in [0, 0.05) is 60.6 Å².